The van der Waals surface area contributed by atoms with E-state index in [0.29, 0.717) is 23.6 Å². The van der Waals surface area contributed by atoms with Crippen molar-refractivity contribution >= 4 is 22.6 Å². The summed E-state index contributed by atoms with van der Waals surface area (Å²) in [5.74, 6) is 0.0709. The van der Waals surface area contributed by atoms with Crippen molar-refractivity contribution in [2.45, 2.75) is 19.3 Å². The summed E-state index contributed by atoms with van der Waals surface area (Å²) in [4.78, 5) is 11.8. The molecule has 0 radical (unpaired) electrons. The van der Waals surface area contributed by atoms with Crippen molar-refractivity contribution in [3.8, 4) is 0 Å². The topological polar surface area (TPSA) is 88.5 Å². The number of nitrogens with one attached hydrogen (secondary N) is 1. The molecule has 1 aromatic carbocycles. The smallest absolute Gasteiger partial charge is 0.287 e. The van der Waals surface area contributed by atoms with Gasteiger partial charge in [0.1, 0.15) is 5.58 Å². The van der Waals surface area contributed by atoms with Crippen molar-refractivity contribution < 1.29 is 14.3 Å². The number of carbonyl (C=O) groups is 1. The van der Waals surface area contributed by atoms with Crippen molar-refractivity contribution in [2.75, 3.05) is 18.9 Å². The van der Waals surface area contributed by atoms with Crippen LogP contribution in [-0.2, 0) is 0 Å². The first-order chi connectivity index (χ1) is 9.20. The highest BCUT2D eigenvalue weighted by molar-refractivity contribution is 5.96. The highest BCUT2D eigenvalue weighted by Crippen LogP contribution is 2.21. The van der Waals surface area contributed by atoms with Crippen LogP contribution in [0.5, 0.6) is 0 Å². The molecule has 1 amide bonds. The summed E-state index contributed by atoms with van der Waals surface area (Å²) in [5, 5.41) is 12.3. The summed E-state index contributed by atoms with van der Waals surface area (Å²) < 4.78 is 5.46. The number of anilines is 1. The summed E-state index contributed by atoms with van der Waals surface area (Å²) in [7, 11) is 0. The zero-order valence-corrected chi connectivity index (χ0v) is 10.7. The lowest BCUT2D eigenvalue weighted by Gasteiger charge is -2.01. The monoisotopic (exact) mass is 262 g/mol. The molecule has 0 saturated carbocycles. The standard InChI is InChI=1S/C14H18N2O3/c15-11-4-5-12-10(8-11)9-13(19-12)14(18)16-6-2-1-3-7-17/h4-5,8-9,17H,1-3,6-7,15H2,(H,16,18). The van der Waals surface area contributed by atoms with Crippen molar-refractivity contribution in [1.82, 2.24) is 5.32 Å². The first-order valence-electron chi connectivity index (χ1n) is 6.39. The number of nitrogens with two attached hydrogens (primary N) is 1. The number of carbonyl (C=O) groups excluding carboxylic acids is 1. The van der Waals surface area contributed by atoms with Gasteiger partial charge < -0.3 is 20.6 Å². The van der Waals surface area contributed by atoms with Crippen LogP contribution < -0.4 is 11.1 Å². The molecule has 19 heavy (non-hydrogen) atoms. The van der Waals surface area contributed by atoms with Crippen molar-refractivity contribution in [1.29, 1.82) is 0 Å². The number of aliphatic hydroxyl groups is 1. The fraction of sp³-hybridized carbons (Fsp3) is 0.357. The van der Waals surface area contributed by atoms with E-state index in [1.165, 1.54) is 0 Å². The minimum atomic E-state index is -0.223. The molecule has 0 fully saturated rings. The molecular weight excluding hydrogens is 244 g/mol. The van der Waals surface area contributed by atoms with Crippen LogP contribution in [0.15, 0.2) is 28.7 Å². The molecule has 1 heterocycles. The fourth-order valence-electron chi connectivity index (χ4n) is 1.88. The number of hydrogen-bond donors (Lipinski definition) is 3. The van der Waals surface area contributed by atoms with Gasteiger partial charge in [0.25, 0.3) is 5.91 Å². The second kappa shape index (κ2) is 6.24. The Kier molecular flexibility index (Phi) is 4.41. The SMILES string of the molecule is Nc1ccc2oc(C(=O)NCCCCCO)cc2c1. The molecular formula is C14H18N2O3. The molecule has 2 aromatic rings. The Bertz CT molecular complexity index is 563. The molecule has 5 nitrogen and oxygen atoms in total. The van der Waals surface area contributed by atoms with E-state index in [2.05, 4.69) is 5.32 Å². The molecule has 0 bridgehead atoms. The number of hydrogen-bond acceptors (Lipinski definition) is 4. The van der Waals surface area contributed by atoms with Crippen molar-refractivity contribution in [3.05, 3.63) is 30.0 Å². The van der Waals surface area contributed by atoms with Gasteiger partial charge in [-0.3, -0.25) is 4.79 Å². The maximum absolute atomic E-state index is 11.8. The number of rotatable bonds is 6. The third-order valence-electron chi connectivity index (χ3n) is 2.88. The summed E-state index contributed by atoms with van der Waals surface area (Å²) in [6, 6.07) is 6.96. The lowest BCUT2D eigenvalue weighted by Crippen LogP contribution is -2.23. The first kappa shape index (κ1) is 13.4. The normalized spacial score (nSPS) is 10.8. The average molecular weight is 262 g/mol. The number of fused-ring (bicyclic) bond motifs is 1. The van der Waals surface area contributed by atoms with E-state index < -0.39 is 0 Å². The number of amides is 1. The molecule has 2 rings (SSSR count). The largest absolute Gasteiger partial charge is 0.451 e. The van der Waals surface area contributed by atoms with Gasteiger partial charge in [0.15, 0.2) is 5.76 Å². The van der Waals surface area contributed by atoms with Crippen molar-refractivity contribution in [2.24, 2.45) is 0 Å². The van der Waals surface area contributed by atoms with Crippen LogP contribution in [0.1, 0.15) is 29.8 Å². The van der Waals surface area contributed by atoms with E-state index in [9.17, 15) is 4.79 Å². The van der Waals surface area contributed by atoms with E-state index >= 15 is 0 Å². The maximum Gasteiger partial charge on any atom is 0.287 e. The Hall–Kier alpha value is -2.01. The molecule has 0 atom stereocenters. The minimum absolute atomic E-state index is 0.193. The highest BCUT2D eigenvalue weighted by atomic mass is 16.3. The second-order valence-electron chi connectivity index (χ2n) is 4.45. The van der Waals surface area contributed by atoms with Gasteiger partial charge in [0, 0.05) is 24.2 Å². The highest BCUT2D eigenvalue weighted by Gasteiger charge is 2.11. The molecule has 5 heteroatoms. The summed E-state index contributed by atoms with van der Waals surface area (Å²) in [6.45, 7) is 0.775. The molecule has 0 aliphatic heterocycles. The van der Waals surface area contributed by atoms with E-state index in [4.69, 9.17) is 15.3 Å². The number of furan rings is 1. The fourth-order valence-corrected chi connectivity index (χ4v) is 1.88. The van der Waals surface area contributed by atoms with Gasteiger partial charge in [-0.05, 0) is 43.5 Å². The number of aliphatic hydroxyl groups excluding tert-OH is 1. The van der Waals surface area contributed by atoms with Gasteiger partial charge in [0.05, 0.1) is 0 Å². The van der Waals surface area contributed by atoms with Gasteiger partial charge in [-0.15, -0.1) is 0 Å². The molecule has 0 aliphatic carbocycles. The molecule has 4 N–H and O–H groups in total. The zero-order valence-electron chi connectivity index (χ0n) is 10.7. The van der Waals surface area contributed by atoms with Crippen LogP contribution in [0.25, 0.3) is 11.0 Å². The quantitative estimate of drug-likeness (QED) is 0.548. The lowest BCUT2D eigenvalue weighted by molar-refractivity contribution is 0.0927. The molecule has 0 saturated heterocycles. The maximum atomic E-state index is 11.8. The summed E-state index contributed by atoms with van der Waals surface area (Å²) >= 11 is 0. The third-order valence-corrected chi connectivity index (χ3v) is 2.88. The average Bonchev–Trinajstić information content (AvgIpc) is 2.81. The van der Waals surface area contributed by atoms with Crippen LogP contribution in [0, 0.1) is 0 Å². The predicted molar refractivity (Wildman–Crippen MR) is 73.9 cm³/mol. The first-order valence-corrected chi connectivity index (χ1v) is 6.39. The molecule has 1 aromatic heterocycles. The lowest BCUT2D eigenvalue weighted by atomic mass is 10.2. The van der Waals surface area contributed by atoms with Gasteiger partial charge in [-0.1, -0.05) is 0 Å². The van der Waals surface area contributed by atoms with E-state index in [1.807, 2.05) is 0 Å². The van der Waals surface area contributed by atoms with Crippen LogP contribution in [0.2, 0.25) is 0 Å². The van der Waals surface area contributed by atoms with E-state index in [1.54, 1.807) is 24.3 Å². The Morgan fingerprint density at radius 2 is 2.11 bits per heavy atom. The number of benzene rings is 1. The van der Waals surface area contributed by atoms with Gasteiger partial charge in [-0.2, -0.15) is 0 Å². The molecule has 0 spiro atoms. The van der Waals surface area contributed by atoms with E-state index in [-0.39, 0.29) is 12.5 Å². The van der Waals surface area contributed by atoms with Gasteiger partial charge in [-0.25, -0.2) is 0 Å². The van der Waals surface area contributed by atoms with Crippen LogP contribution in [-0.4, -0.2) is 24.2 Å². The Labute approximate surface area is 111 Å². The van der Waals surface area contributed by atoms with Gasteiger partial charge >= 0.3 is 0 Å². The molecule has 0 aliphatic rings. The third kappa shape index (κ3) is 3.48. The predicted octanol–water partition coefficient (Wildman–Crippen LogP) is 1.91. The second-order valence-corrected chi connectivity index (χ2v) is 4.45. The van der Waals surface area contributed by atoms with Crippen molar-refractivity contribution in [3.63, 3.8) is 0 Å². The Morgan fingerprint density at radius 3 is 2.89 bits per heavy atom. The molecule has 102 valence electrons. The minimum Gasteiger partial charge on any atom is -0.451 e. The Morgan fingerprint density at radius 1 is 1.26 bits per heavy atom. The summed E-state index contributed by atoms with van der Waals surface area (Å²) in [5.41, 5.74) is 6.97. The van der Waals surface area contributed by atoms with Crippen LogP contribution >= 0.6 is 0 Å². The van der Waals surface area contributed by atoms with Gasteiger partial charge in [0.2, 0.25) is 0 Å². The zero-order chi connectivity index (χ0) is 13.7. The van der Waals surface area contributed by atoms with Crippen LogP contribution in [0.3, 0.4) is 0 Å². The summed E-state index contributed by atoms with van der Waals surface area (Å²) in [6.07, 6.45) is 2.51. The number of unbranched alkanes of at least 4 members (excludes halogenated alkanes) is 2. The molecule has 0 unspecified atom stereocenters. The Balaban J connectivity index is 1.94. The van der Waals surface area contributed by atoms with E-state index in [0.717, 1.165) is 24.6 Å². The number of nitrogen functional groups attached to an aromatic ring is 1. The van der Waals surface area contributed by atoms with Crippen LogP contribution in [0.4, 0.5) is 5.69 Å².